The fraction of sp³-hybridized carbons (Fsp3) is 0.632. The lowest BCUT2D eigenvalue weighted by atomic mass is 9.95. The SMILES string of the molecule is CN(C)CCN(C)[C@@H]1[C@@H]2OC[C@H](O2)[C@@H](NC(=O)Nc2cccc(C(F)(F)F)c2)[C@@H]1O. The number of carbonyl (C=O) groups excluding carboxylic acids is 1. The summed E-state index contributed by atoms with van der Waals surface area (Å²) in [4.78, 5) is 16.3. The van der Waals surface area contributed by atoms with Gasteiger partial charge in [0.05, 0.1) is 30.4 Å². The molecule has 8 nitrogen and oxygen atoms in total. The zero-order chi connectivity index (χ0) is 22.1. The van der Waals surface area contributed by atoms with Crippen molar-refractivity contribution < 1.29 is 32.5 Å². The van der Waals surface area contributed by atoms with Crippen LogP contribution in [0.1, 0.15) is 5.56 Å². The van der Waals surface area contributed by atoms with Gasteiger partial charge in [-0.3, -0.25) is 4.90 Å². The van der Waals surface area contributed by atoms with Gasteiger partial charge in [0.2, 0.25) is 0 Å². The summed E-state index contributed by atoms with van der Waals surface area (Å²) >= 11 is 0. The Bertz CT molecular complexity index is 749. The maximum absolute atomic E-state index is 12.9. The van der Waals surface area contributed by atoms with Crippen molar-refractivity contribution in [3.8, 4) is 0 Å². The van der Waals surface area contributed by atoms with Gasteiger partial charge in [0.25, 0.3) is 0 Å². The van der Waals surface area contributed by atoms with Crippen molar-refractivity contribution in [1.82, 2.24) is 15.1 Å². The first-order valence-corrected chi connectivity index (χ1v) is 9.61. The zero-order valence-corrected chi connectivity index (χ0v) is 17.0. The molecule has 1 aromatic carbocycles. The van der Waals surface area contributed by atoms with Gasteiger partial charge in [0, 0.05) is 18.8 Å². The summed E-state index contributed by atoms with van der Waals surface area (Å²) < 4.78 is 50.0. The lowest BCUT2D eigenvalue weighted by Crippen LogP contribution is -2.65. The number of amides is 2. The van der Waals surface area contributed by atoms with Crippen LogP contribution >= 0.6 is 0 Å². The van der Waals surface area contributed by atoms with E-state index in [4.69, 9.17) is 9.47 Å². The van der Waals surface area contributed by atoms with Gasteiger partial charge in [-0.1, -0.05) is 6.07 Å². The van der Waals surface area contributed by atoms with E-state index in [0.717, 1.165) is 18.7 Å². The molecule has 0 spiro atoms. The molecule has 0 aliphatic carbocycles. The maximum Gasteiger partial charge on any atom is 0.416 e. The lowest BCUT2D eigenvalue weighted by molar-refractivity contribution is -0.177. The van der Waals surface area contributed by atoms with Crippen LogP contribution in [0.15, 0.2) is 24.3 Å². The van der Waals surface area contributed by atoms with Crippen molar-refractivity contribution in [2.24, 2.45) is 0 Å². The fourth-order valence-electron chi connectivity index (χ4n) is 3.65. The second-order valence-corrected chi connectivity index (χ2v) is 7.84. The van der Waals surface area contributed by atoms with E-state index in [1.165, 1.54) is 12.1 Å². The molecule has 0 radical (unpaired) electrons. The summed E-state index contributed by atoms with van der Waals surface area (Å²) in [6.45, 7) is 1.60. The highest BCUT2D eigenvalue weighted by atomic mass is 19.4. The fourth-order valence-corrected chi connectivity index (χ4v) is 3.65. The van der Waals surface area contributed by atoms with Crippen molar-refractivity contribution in [2.75, 3.05) is 46.2 Å². The van der Waals surface area contributed by atoms with E-state index in [-0.39, 0.29) is 12.3 Å². The molecule has 2 aliphatic rings. The lowest BCUT2D eigenvalue weighted by Gasteiger charge is -2.42. The number of nitrogens with zero attached hydrogens (tertiary/aromatic N) is 2. The highest BCUT2D eigenvalue weighted by Gasteiger charge is 2.52. The van der Waals surface area contributed by atoms with Gasteiger partial charge in [0.1, 0.15) is 6.10 Å². The van der Waals surface area contributed by atoms with Gasteiger partial charge in [-0.25, -0.2) is 4.79 Å². The number of hydrogen-bond donors (Lipinski definition) is 3. The minimum Gasteiger partial charge on any atom is -0.389 e. The van der Waals surface area contributed by atoms with Gasteiger partial charge >= 0.3 is 12.2 Å². The number of aliphatic hydroxyl groups excluding tert-OH is 1. The average Bonchev–Trinajstić information content (AvgIpc) is 3.08. The highest BCUT2D eigenvalue weighted by Crippen LogP contribution is 2.32. The Morgan fingerprint density at radius 3 is 2.67 bits per heavy atom. The van der Waals surface area contributed by atoms with Crippen LogP contribution in [0.3, 0.4) is 0 Å². The second kappa shape index (κ2) is 9.06. The number of benzene rings is 1. The van der Waals surface area contributed by atoms with Crippen LogP contribution < -0.4 is 10.6 Å². The monoisotopic (exact) mass is 432 g/mol. The van der Waals surface area contributed by atoms with E-state index < -0.39 is 48.4 Å². The molecule has 2 fully saturated rings. The molecule has 0 unspecified atom stereocenters. The Morgan fingerprint density at radius 1 is 1.27 bits per heavy atom. The van der Waals surface area contributed by atoms with Gasteiger partial charge in [-0.05, 0) is 39.3 Å². The van der Waals surface area contributed by atoms with E-state index in [1.807, 2.05) is 30.9 Å². The third-order valence-electron chi connectivity index (χ3n) is 5.29. The smallest absolute Gasteiger partial charge is 0.389 e. The minimum absolute atomic E-state index is 0.00579. The summed E-state index contributed by atoms with van der Waals surface area (Å²) in [7, 11) is 5.71. The number of alkyl halides is 3. The van der Waals surface area contributed by atoms with Gasteiger partial charge in [-0.15, -0.1) is 0 Å². The molecule has 3 rings (SSSR count). The first kappa shape index (κ1) is 22.8. The molecule has 3 N–H and O–H groups in total. The van der Waals surface area contributed by atoms with Crippen molar-refractivity contribution in [2.45, 2.75) is 36.8 Å². The second-order valence-electron chi connectivity index (χ2n) is 7.84. The predicted octanol–water partition coefficient (Wildman–Crippen LogP) is 1.17. The van der Waals surface area contributed by atoms with Crippen LogP contribution in [-0.4, -0.2) is 92.4 Å². The standard InChI is InChI=1S/C19H27F3N4O4/c1-25(2)7-8-26(3)15-16(27)14(13-10-29-17(15)30-13)24-18(28)23-12-6-4-5-11(9-12)19(20,21)22/h4-6,9,13-17,27H,7-8,10H2,1-3H3,(H2,23,24,28)/t13-,14+,15-,16-,17+/m0/s1. The van der Waals surface area contributed by atoms with Crippen LogP contribution in [-0.2, 0) is 15.7 Å². The number of anilines is 1. The topological polar surface area (TPSA) is 86.3 Å². The molecule has 0 saturated carbocycles. The maximum atomic E-state index is 12.9. The van der Waals surface area contributed by atoms with Crippen LogP contribution in [0, 0.1) is 0 Å². The quantitative estimate of drug-likeness (QED) is 0.626. The van der Waals surface area contributed by atoms with E-state index in [0.29, 0.717) is 6.54 Å². The molecule has 2 bridgehead atoms. The molecule has 1 aromatic rings. The summed E-state index contributed by atoms with van der Waals surface area (Å²) in [6, 6.07) is 2.33. The average molecular weight is 432 g/mol. The van der Waals surface area contributed by atoms with Crippen molar-refractivity contribution in [3.05, 3.63) is 29.8 Å². The number of nitrogens with one attached hydrogen (secondary N) is 2. The Kier molecular flexibility index (Phi) is 6.88. The van der Waals surface area contributed by atoms with Crippen molar-refractivity contribution in [1.29, 1.82) is 0 Å². The Hall–Kier alpha value is -1.92. The third-order valence-corrected chi connectivity index (χ3v) is 5.29. The van der Waals surface area contributed by atoms with Crippen LogP contribution in [0.25, 0.3) is 0 Å². The van der Waals surface area contributed by atoms with Gasteiger partial charge in [-0.2, -0.15) is 13.2 Å². The summed E-state index contributed by atoms with van der Waals surface area (Å²) in [5.74, 6) is 0. The molecule has 2 aliphatic heterocycles. The molecular formula is C19H27F3N4O4. The number of fused-ring (bicyclic) bond motifs is 2. The number of likely N-dealkylation sites (N-methyl/N-ethyl adjacent to an activating group) is 2. The number of hydrogen-bond acceptors (Lipinski definition) is 6. The van der Waals surface area contributed by atoms with Crippen molar-refractivity contribution in [3.63, 3.8) is 0 Å². The predicted molar refractivity (Wildman–Crippen MR) is 103 cm³/mol. The number of urea groups is 1. The van der Waals surface area contributed by atoms with E-state index >= 15 is 0 Å². The first-order chi connectivity index (χ1) is 14.1. The largest absolute Gasteiger partial charge is 0.416 e. The Balaban J connectivity index is 1.66. The molecule has 168 valence electrons. The first-order valence-electron chi connectivity index (χ1n) is 9.61. The molecule has 30 heavy (non-hydrogen) atoms. The van der Waals surface area contributed by atoms with E-state index in [1.54, 1.807) is 0 Å². The summed E-state index contributed by atoms with van der Waals surface area (Å²) in [5.41, 5.74) is -0.871. The number of carbonyl (C=O) groups is 1. The van der Waals surface area contributed by atoms with Gasteiger partial charge < -0.3 is 30.1 Å². The van der Waals surface area contributed by atoms with Crippen LogP contribution in [0.2, 0.25) is 0 Å². The van der Waals surface area contributed by atoms with E-state index in [2.05, 4.69) is 10.6 Å². The molecular weight excluding hydrogens is 405 g/mol. The zero-order valence-electron chi connectivity index (χ0n) is 17.0. The molecule has 11 heteroatoms. The van der Waals surface area contributed by atoms with Crippen LogP contribution in [0.5, 0.6) is 0 Å². The highest BCUT2D eigenvalue weighted by molar-refractivity contribution is 5.89. The Labute approximate surface area is 172 Å². The Morgan fingerprint density at radius 2 is 2.00 bits per heavy atom. The molecule has 2 saturated heterocycles. The molecule has 5 atom stereocenters. The molecule has 0 aromatic heterocycles. The number of halogens is 3. The van der Waals surface area contributed by atoms with Gasteiger partial charge in [0.15, 0.2) is 6.29 Å². The third kappa shape index (κ3) is 5.22. The number of aliphatic hydroxyl groups is 1. The normalized spacial score (nSPS) is 28.8. The summed E-state index contributed by atoms with van der Waals surface area (Å²) in [6.07, 6.45) is -6.64. The molecule has 2 amide bonds. The number of rotatable bonds is 6. The minimum atomic E-state index is -4.51. The van der Waals surface area contributed by atoms with Crippen LogP contribution in [0.4, 0.5) is 23.7 Å². The molecule has 2 heterocycles. The van der Waals surface area contributed by atoms with Crippen molar-refractivity contribution >= 4 is 11.7 Å². The van der Waals surface area contributed by atoms with E-state index in [9.17, 15) is 23.1 Å². The number of ether oxygens (including phenoxy) is 2. The summed E-state index contributed by atoms with van der Waals surface area (Å²) in [5, 5.41) is 15.9.